The van der Waals surface area contributed by atoms with E-state index in [0.717, 1.165) is 25.9 Å². The Morgan fingerprint density at radius 1 is 1.18 bits per heavy atom. The van der Waals surface area contributed by atoms with Gasteiger partial charge in [-0.05, 0) is 55.1 Å². The second-order valence-corrected chi connectivity index (χ2v) is 9.51. The summed E-state index contributed by atoms with van der Waals surface area (Å²) in [5, 5.41) is 7.40. The number of fused-ring (bicyclic) bond motifs is 1. The van der Waals surface area contributed by atoms with Crippen molar-refractivity contribution in [2.24, 2.45) is 5.92 Å². The predicted molar refractivity (Wildman–Crippen MR) is 134 cm³/mol. The van der Waals surface area contributed by atoms with Gasteiger partial charge in [0.2, 0.25) is 23.1 Å². The average molecular weight is 485 g/mol. The van der Waals surface area contributed by atoms with Crippen LogP contribution in [0.5, 0.6) is 0 Å². The highest BCUT2D eigenvalue weighted by molar-refractivity contribution is 7.76. The summed E-state index contributed by atoms with van der Waals surface area (Å²) >= 11 is -2.28. The Hall–Kier alpha value is -2.77. The van der Waals surface area contributed by atoms with Crippen molar-refractivity contribution in [1.82, 2.24) is 19.8 Å². The van der Waals surface area contributed by atoms with Crippen molar-refractivity contribution in [3.63, 3.8) is 0 Å². The van der Waals surface area contributed by atoms with E-state index in [1.54, 1.807) is 0 Å². The molecule has 0 aliphatic carbocycles. The van der Waals surface area contributed by atoms with Crippen LogP contribution in [0, 0.1) is 18.3 Å². The van der Waals surface area contributed by atoms with Crippen molar-refractivity contribution < 1.29 is 18.4 Å². The van der Waals surface area contributed by atoms with Gasteiger partial charge >= 0.3 is 0 Å². The van der Waals surface area contributed by atoms with Gasteiger partial charge in [-0.3, -0.25) is 19.0 Å². The molecule has 2 aromatic rings. The number of benzene rings is 2. The molecule has 1 fully saturated rings. The molecule has 1 aliphatic heterocycles. The van der Waals surface area contributed by atoms with E-state index in [4.69, 9.17) is 6.42 Å². The average Bonchev–Trinajstić information content (AvgIpc) is 2.85. The van der Waals surface area contributed by atoms with Crippen LogP contribution in [0.15, 0.2) is 42.5 Å². The smallest absolute Gasteiger partial charge is 0.240 e. The third-order valence-corrected chi connectivity index (χ3v) is 7.03. The number of terminal acetylenes is 1. The normalized spacial score (nSPS) is 16.6. The maximum absolute atomic E-state index is 12.2. The van der Waals surface area contributed by atoms with Gasteiger partial charge in [-0.1, -0.05) is 48.4 Å². The van der Waals surface area contributed by atoms with Crippen molar-refractivity contribution >= 4 is 33.9 Å². The zero-order valence-corrected chi connectivity index (χ0v) is 20.2. The Morgan fingerprint density at radius 2 is 1.88 bits per heavy atom. The number of nitrogens with one attached hydrogen (secondary N) is 2. The van der Waals surface area contributed by atoms with E-state index in [-0.39, 0.29) is 31.6 Å². The van der Waals surface area contributed by atoms with E-state index in [1.807, 2.05) is 6.07 Å². The van der Waals surface area contributed by atoms with Crippen LogP contribution < -0.4 is 10.6 Å². The van der Waals surface area contributed by atoms with E-state index < -0.39 is 23.1 Å². The minimum atomic E-state index is -2.28. The fourth-order valence-electron chi connectivity index (χ4n) is 4.41. The Bertz CT molecular complexity index is 1060. The highest BCUT2D eigenvalue weighted by atomic mass is 32.2. The van der Waals surface area contributed by atoms with Gasteiger partial charge in [-0.15, -0.1) is 6.42 Å². The van der Waals surface area contributed by atoms with Crippen LogP contribution in [-0.4, -0.2) is 69.0 Å². The van der Waals surface area contributed by atoms with Gasteiger partial charge in [-0.25, -0.2) is 4.21 Å². The molecule has 34 heavy (non-hydrogen) atoms. The van der Waals surface area contributed by atoms with Crippen molar-refractivity contribution in [3.8, 4) is 12.3 Å². The zero-order valence-electron chi connectivity index (χ0n) is 19.4. The number of amides is 2. The second kappa shape index (κ2) is 12.6. The topological polar surface area (TPSA) is 102 Å². The Labute approximate surface area is 203 Å². The third kappa shape index (κ3) is 7.11. The molecule has 2 aromatic carbocycles. The molecule has 3 rings (SSSR count). The summed E-state index contributed by atoms with van der Waals surface area (Å²) in [4.78, 5) is 26.2. The second-order valence-electron chi connectivity index (χ2n) is 8.53. The molecule has 0 spiro atoms. The lowest BCUT2D eigenvalue weighted by atomic mass is 9.93. The molecule has 9 heteroatoms. The molecule has 0 saturated carbocycles. The molecule has 1 saturated heterocycles. The number of carbonyl (C=O) groups excluding carboxylic acids is 2. The van der Waals surface area contributed by atoms with Gasteiger partial charge in [0.15, 0.2) is 0 Å². The first-order valence-electron chi connectivity index (χ1n) is 11.4. The van der Waals surface area contributed by atoms with Crippen LogP contribution in [0.25, 0.3) is 10.8 Å². The summed E-state index contributed by atoms with van der Waals surface area (Å²) in [6, 6.07) is 15.1. The maximum atomic E-state index is 12.2. The van der Waals surface area contributed by atoms with Crippen LogP contribution in [-0.2, 0) is 20.9 Å². The summed E-state index contributed by atoms with van der Waals surface area (Å²) < 4.78 is 22.7. The van der Waals surface area contributed by atoms with E-state index in [0.29, 0.717) is 6.54 Å². The van der Waals surface area contributed by atoms with Crippen LogP contribution in [0.1, 0.15) is 31.4 Å². The molecule has 8 nitrogen and oxygen atoms in total. The van der Waals surface area contributed by atoms with Crippen molar-refractivity contribution in [2.75, 3.05) is 39.3 Å². The van der Waals surface area contributed by atoms with Gasteiger partial charge in [0.05, 0.1) is 19.6 Å². The molecular formula is C25H32N4O4S. The standard InChI is InChI=1S/C25H32N4O4S/c1-3-13-26-24(30)16-27-25(31)18-29(34(32)33)17-20-11-14-28(15-12-20)19(2)22-10-6-8-21-7-4-5-9-23(21)22/h1,4-10,19-20H,11-18H2,2H3,(H,26,30)(H,27,31)(H,32,33). The monoisotopic (exact) mass is 484 g/mol. The van der Waals surface area contributed by atoms with E-state index in [1.165, 1.54) is 20.6 Å². The Morgan fingerprint density at radius 3 is 2.59 bits per heavy atom. The molecule has 0 aromatic heterocycles. The first-order valence-corrected chi connectivity index (χ1v) is 12.5. The molecule has 2 atom stereocenters. The predicted octanol–water partition coefficient (Wildman–Crippen LogP) is 1.92. The quantitative estimate of drug-likeness (QED) is 0.353. The van der Waals surface area contributed by atoms with E-state index in [9.17, 15) is 18.4 Å². The summed E-state index contributed by atoms with van der Waals surface area (Å²) in [6.45, 7) is 3.93. The van der Waals surface area contributed by atoms with Gasteiger partial charge in [0.25, 0.3) is 0 Å². The highest BCUT2D eigenvalue weighted by Gasteiger charge is 2.27. The fourth-order valence-corrected chi connectivity index (χ4v) is 4.98. The summed E-state index contributed by atoms with van der Waals surface area (Å²) in [7, 11) is 0. The lowest BCUT2D eigenvalue weighted by molar-refractivity contribution is -0.126. The number of rotatable bonds is 10. The number of likely N-dealkylation sites (tertiary alicyclic amines) is 1. The number of hydrogen-bond acceptors (Lipinski definition) is 4. The maximum Gasteiger partial charge on any atom is 0.240 e. The number of hydrogen-bond donors (Lipinski definition) is 3. The van der Waals surface area contributed by atoms with Crippen LogP contribution in [0.3, 0.4) is 0 Å². The molecule has 1 aliphatic rings. The van der Waals surface area contributed by atoms with Crippen molar-refractivity contribution in [1.29, 1.82) is 0 Å². The molecule has 2 unspecified atom stereocenters. The number of nitrogens with zero attached hydrogens (tertiary/aromatic N) is 2. The fraction of sp³-hybridized carbons (Fsp3) is 0.440. The lowest BCUT2D eigenvalue weighted by Gasteiger charge is -2.37. The molecule has 2 amide bonds. The van der Waals surface area contributed by atoms with Gasteiger partial charge in [-0.2, -0.15) is 4.31 Å². The molecule has 0 bridgehead atoms. The van der Waals surface area contributed by atoms with Gasteiger partial charge in [0.1, 0.15) is 0 Å². The lowest BCUT2D eigenvalue weighted by Crippen LogP contribution is -2.45. The van der Waals surface area contributed by atoms with Crippen LogP contribution in [0.2, 0.25) is 0 Å². The molecule has 182 valence electrons. The highest BCUT2D eigenvalue weighted by Crippen LogP contribution is 2.31. The number of piperidine rings is 1. The minimum absolute atomic E-state index is 0.0826. The zero-order chi connectivity index (χ0) is 24.5. The van der Waals surface area contributed by atoms with Crippen molar-refractivity contribution in [2.45, 2.75) is 25.8 Å². The first-order chi connectivity index (χ1) is 16.4. The van der Waals surface area contributed by atoms with Crippen molar-refractivity contribution in [3.05, 3.63) is 48.0 Å². The number of carbonyl (C=O) groups is 2. The van der Waals surface area contributed by atoms with Crippen LogP contribution in [0.4, 0.5) is 0 Å². The van der Waals surface area contributed by atoms with E-state index >= 15 is 0 Å². The first kappa shape index (κ1) is 25.8. The summed E-state index contributed by atoms with van der Waals surface area (Å²) in [5.74, 6) is 1.59. The summed E-state index contributed by atoms with van der Waals surface area (Å²) in [6.07, 6.45) is 6.82. The third-order valence-electron chi connectivity index (χ3n) is 6.31. The molecule has 1 heterocycles. The van der Waals surface area contributed by atoms with Crippen LogP contribution >= 0.6 is 0 Å². The Kier molecular flexibility index (Phi) is 9.60. The SMILES string of the molecule is C#CCNC(=O)CNC(=O)CN(CC1CCN(C(C)c2cccc3ccccc23)CC1)S(=O)O. The largest absolute Gasteiger partial charge is 0.346 e. The van der Waals surface area contributed by atoms with Gasteiger partial charge < -0.3 is 10.6 Å². The molecule has 0 radical (unpaired) electrons. The molecular weight excluding hydrogens is 452 g/mol. The van der Waals surface area contributed by atoms with E-state index in [2.05, 4.69) is 64.8 Å². The minimum Gasteiger partial charge on any atom is -0.346 e. The molecule has 3 N–H and O–H groups in total. The van der Waals surface area contributed by atoms with Gasteiger partial charge in [0, 0.05) is 12.6 Å². The Balaban J connectivity index is 1.50. The summed E-state index contributed by atoms with van der Waals surface area (Å²) in [5.41, 5.74) is 1.30.